The molecule has 29 heavy (non-hydrogen) atoms. The van der Waals surface area contributed by atoms with Crippen LogP contribution in [0.15, 0.2) is 65.6 Å². The fourth-order valence-corrected chi connectivity index (χ4v) is 4.21. The van der Waals surface area contributed by atoms with E-state index in [1.807, 2.05) is 45.0 Å². The SMILES string of the molecule is Cc1ccc(NC(=O)c2ccc(OS(=O)(=O)c3cc(C)ccc3C)cc2)c(C)c1. The van der Waals surface area contributed by atoms with Crippen molar-refractivity contribution in [3.8, 4) is 5.75 Å². The summed E-state index contributed by atoms with van der Waals surface area (Å²) >= 11 is 0. The van der Waals surface area contributed by atoms with Crippen LogP contribution >= 0.6 is 0 Å². The summed E-state index contributed by atoms with van der Waals surface area (Å²) in [6.07, 6.45) is 0. The molecule has 3 aromatic carbocycles. The molecule has 3 rings (SSSR count). The third-order valence-corrected chi connectivity index (χ3v) is 5.96. The molecule has 0 radical (unpaired) electrons. The second-order valence-electron chi connectivity index (χ2n) is 7.10. The van der Waals surface area contributed by atoms with Crippen LogP contribution in [0.5, 0.6) is 5.75 Å². The first-order valence-corrected chi connectivity index (χ1v) is 10.6. The second-order valence-corrected chi connectivity index (χ2v) is 8.62. The second kappa shape index (κ2) is 8.09. The van der Waals surface area contributed by atoms with Gasteiger partial charge >= 0.3 is 10.1 Å². The average Bonchev–Trinajstić information content (AvgIpc) is 2.66. The van der Waals surface area contributed by atoms with Crippen LogP contribution in [0.25, 0.3) is 0 Å². The number of rotatable bonds is 5. The summed E-state index contributed by atoms with van der Waals surface area (Å²) in [4.78, 5) is 12.6. The molecule has 0 aliphatic carbocycles. The number of benzene rings is 3. The molecule has 0 saturated carbocycles. The number of hydrogen-bond donors (Lipinski definition) is 1. The molecule has 0 spiro atoms. The number of carbonyl (C=O) groups is 1. The van der Waals surface area contributed by atoms with Gasteiger partial charge in [-0.25, -0.2) is 0 Å². The fourth-order valence-electron chi connectivity index (χ4n) is 2.96. The highest BCUT2D eigenvalue weighted by atomic mass is 32.2. The molecule has 0 saturated heterocycles. The van der Waals surface area contributed by atoms with Crippen LogP contribution in [0, 0.1) is 27.7 Å². The highest BCUT2D eigenvalue weighted by molar-refractivity contribution is 7.87. The Morgan fingerprint density at radius 2 is 1.41 bits per heavy atom. The van der Waals surface area contributed by atoms with E-state index in [0.29, 0.717) is 11.1 Å². The Bertz CT molecular complexity index is 1170. The molecule has 3 aromatic rings. The Labute approximate surface area is 171 Å². The lowest BCUT2D eigenvalue weighted by atomic mass is 10.1. The molecular weight excluding hydrogens is 386 g/mol. The predicted octanol–water partition coefficient (Wildman–Crippen LogP) is 4.94. The zero-order chi connectivity index (χ0) is 21.2. The Kier molecular flexibility index (Phi) is 5.75. The Hall–Kier alpha value is -3.12. The third kappa shape index (κ3) is 4.84. The molecular formula is C23H23NO4S. The Morgan fingerprint density at radius 3 is 2.07 bits per heavy atom. The van der Waals surface area contributed by atoms with Crippen molar-refractivity contribution in [2.45, 2.75) is 32.6 Å². The van der Waals surface area contributed by atoms with Gasteiger partial charge in [-0.1, -0.05) is 29.8 Å². The lowest BCUT2D eigenvalue weighted by Gasteiger charge is -2.11. The molecule has 6 heteroatoms. The molecule has 0 aliphatic heterocycles. The van der Waals surface area contributed by atoms with Crippen molar-refractivity contribution in [3.63, 3.8) is 0 Å². The van der Waals surface area contributed by atoms with Crippen LogP contribution in [-0.4, -0.2) is 14.3 Å². The highest BCUT2D eigenvalue weighted by Gasteiger charge is 2.20. The van der Waals surface area contributed by atoms with Gasteiger partial charge < -0.3 is 9.50 Å². The van der Waals surface area contributed by atoms with Crippen LogP contribution in [0.1, 0.15) is 32.6 Å². The van der Waals surface area contributed by atoms with E-state index in [9.17, 15) is 13.2 Å². The Morgan fingerprint density at radius 1 is 0.793 bits per heavy atom. The zero-order valence-corrected chi connectivity index (χ0v) is 17.6. The monoisotopic (exact) mass is 409 g/mol. The summed E-state index contributed by atoms with van der Waals surface area (Å²) in [6, 6.07) is 17.0. The molecule has 150 valence electrons. The molecule has 1 amide bonds. The maximum Gasteiger partial charge on any atom is 0.339 e. The van der Waals surface area contributed by atoms with E-state index in [1.54, 1.807) is 19.1 Å². The molecule has 0 fully saturated rings. The summed E-state index contributed by atoms with van der Waals surface area (Å²) in [5.41, 5.74) is 4.67. The van der Waals surface area contributed by atoms with E-state index in [-0.39, 0.29) is 16.6 Å². The van der Waals surface area contributed by atoms with Crippen molar-refractivity contribution in [2.24, 2.45) is 0 Å². The summed E-state index contributed by atoms with van der Waals surface area (Å²) in [5, 5.41) is 2.86. The highest BCUT2D eigenvalue weighted by Crippen LogP contribution is 2.23. The van der Waals surface area contributed by atoms with Gasteiger partial charge in [-0.3, -0.25) is 4.79 Å². The van der Waals surface area contributed by atoms with Gasteiger partial charge in [0.2, 0.25) is 0 Å². The van der Waals surface area contributed by atoms with E-state index in [4.69, 9.17) is 4.18 Å². The van der Waals surface area contributed by atoms with Crippen LogP contribution in [-0.2, 0) is 10.1 Å². The lowest BCUT2D eigenvalue weighted by Crippen LogP contribution is -2.14. The van der Waals surface area contributed by atoms with Gasteiger partial charge in [0.1, 0.15) is 10.6 Å². The van der Waals surface area contributed by atoms with E-state index < -0.39 is 10.1 Å². The number of hydrogen-bond acceptors (Lipinski definition) is 4. The average molecular weight is 410 g/mol. The smallest absolute Gasteiger partial charge is 0.339 e. The first-order chi connectivity index (χ1) is 13.7. The number of aryl methyl sites for hydroxylation is 4. The van der Waals surface area contributed by atoms with Gasteiger partial charge in [-0.15, -0.1) is 0 Å². The van der Waals surface area contributed by atoms with Crippen LogP contribution in [0.4, 0.5) is 5.69 Å². The molecule has 1 N–H and O–H groups in total. The summed E-state index contributed by atoms with van der Waals surface area (Å²) in [6.45, 7) is 7.46. The first-order valence-electron chi connectivity index (χ1n) is 9.16. The number of nitrogens with one attached hydrogen (secondary N) is 1. The van der Waals surface area contributed by atoms with Gasteiger partial charge in [0, 0.05) is 11.3 Å². The zero-order valence-electron chi connectivity index (χ0n) is 16.8. The third-order valence-electron chi connectivity index (χ3n) is 4.57. The minimum atomic E-state index is -3.96. The van der Waals surface area contributed by atoms with E-state index in [0.717, 1.165) is 22.4 Å². The molecule has 0 atom stereocenters. The normalized spacial score (nSPS) is 11.2. The number of anilines is 1. The minimum Gasteiger partial charge on any atom is -0.379 e. The van der Waals surface area contributed by atoms with Crippen molar-refractivity contribution in [3.05, 3.63) is 88.5 Å². The van der Waals surface area contributed by atoms with E-state index >= 15 is 0 Å². The maximum atomic E-state index is 12.6. The van der Waals surface area contributed by atoms with E-state index in [2.05, 4.69) is 5.32 Å². The lowest BCUT2D eigenvalue weighted by molar-refractivity contribution is 0.102. The van der Waals surface area contributed by atoms with Crippen molar-refractivity contribution in [1.82, 2.24) is 0 Å². The van der Waals surface area contributed by atoms with E-state index in [1.165, 1.54) is 24.3 Å². The van der Waals surface area contributed by atoms with Gasteiger partial charge in [-0.2, -0.15) is 8.42 Å². The van der Waals surface area contributed by atoms with Crippen LogP contribution < -0.4 is 9.50 Å². The fraction of sp³-hybridized carbons (Fsp3) is 0.174. The topological polar surface area (TPSA) is 72.5 Å². The van der Waals surface area contributed by atoms with Crippen molar-refractivity contribution >= 4 is 21.7 Å². The molecule has 0 aliphatic rings. The van der Waals surface area contributed by atoms with Gasteiger partial charge in [0.05, 0.1) is 0 Å². The quantitative estimate of drug-likeness (QED) is 0.606. The molecule has 0 aromatic heterocycles. The molecule has 0 unspecified atom stereocenters. The standard InChI is InChI=1S/C23H23NO4S/c1-15-6-12-21(18(4)13-15)24-23(25)19-8-10-20(11-9-19)28-29(26,27)22-14-16(2)5-7-17(22)3/h5-14H,1-4H3,(H,24,25). The number of carbonyl (C=O) groups excluding carboxylic acids is 1. The maximum absolute atomic E-state index is 12.6. The van der Waals surface area contributed by atoms with Crippen molar-refractivity contribution in [2.75, 3.05) is 5.32 Å². The number of amides is 1. The molecule has 0 bridgehead atoms. The van der Waals surface area contributed by atoms with Gasteiger partial charge in [0.25, 0.3) is 5.91 Å². The van der Waals surface area contributed by atoms with Crippen molar-refractivity contribution in [1.29, 1.82) is 0 Å². The summed E-state index contributed by atoms with van der Waals surface area (Å²) < 4.78 is 30.4. The predicted molar refractivity (Wildman–Crippen MR) is 114 cm³/mol. The summed E-state index contributed by atoms with van der Waals surface area (Å²) in [5.74, 6) is -0.130. The first kappa shape index (κ1) is 20.6. The van der Waals surface area contributed by atoms with Gasteiger partial charge in [-0.05, 0) is 80.8 Å². The summed E-state index contributed by atoms with van der Waals surface area (Å²) in [7, 11) is -3.96. The van der Waals surface area contributed by atoms with Crippen LogP contribution in [0.2, 0.25) is 0 Å². The van der Waals surface area contributed by atoms with Crippen molar-refractivity contribution < 1.29 is 17.4 Å². The van der Waals surface area contributed by atoms with Gasteiger partial charge in [0.15, 0.2) is 0 Å². The minimum absolute atomic E-state index is 0.133. The largest absolute Gasteiger partial charge is 0.379 e. The Balaban J connectivity index is 1.76. The van der Waals surface area contributed by atoms with Crippen LogP contribution in [0.3, 0.4) is 0 Å². The molecule has 5 nitrogen and oxygen atoms in total. The molecule has 0 heterocycles.